The van der Waals surface area contributed by atoms with Crippen LogP contribution in [-0.2, 0) is 14.3 Å². The Hall–Kier alpha value is -0.650. The predicted octanol–water partition coefficient (Wildman–Crippen LogP) is -0.107. The quantitative estimate of drug-likeness (QED) is 0.558. The number of nitrogens with one attached hydrogen (secondary N) is 1. The van der Waals surface area contributed by atoms with Crippen molar-refractivity contribution in [3.8, 4) is 0 Å². The van der Waals surface area contributed by atoms with E-state index in [2.05, 4.69) is 5.32 Å². The largest absolute Gasteiger partial charge is 0.378 e. The zero-order valence-corrected chi connectivity index (χ0v) is 9.84. The van der Waals surface area contributed by atoms with Gasteiger partial charge in [-0.3, -0.25) is 4.79 Å². The highest BCUT2D eigenvalue weighted by atomic mass is 16.5. The summed E-state index contributed by atoms with van der Waals surface area (Å²) >= 11 is 0. The van der Waals surface area contributed by atoms with Gasteiger partial charge in [-0.1, -0.05) is 6.92 Å². The van der Waals surface area contributed by atoms with Crippen molar-refractivity contribution in [3.63, 3.8) is 0 Å². The molecule has 0 fully saturated rings. The Labute approximate surface area is 91.3 Å². The molecule has 5 nitrogen and oxygen atoms in total. The monoisotopic (exact) mass is 218 g/mol. The van der Waals surface area contributed by atoms with Gasteiger partial charge in [0, 0.05) is 20.2 Å². The zero-order valence-electron chi connectivity index (χ0n) is 9.84. The summed E-state index contributed by atoms with van der Waals surface area (Å²) in [4.78, 5) is 11.6. The molecule has 5 heteroatoms. The number of rotatable bonds is 8. The molecular weight excluding hydrogens is 196 g/mol. The summed E-state index contributed by atoms with van der Waals surface area (Å²) in [5.41, 5.74) is 4.51. The molecular formula is C10H22N2O3. The third-order valence-electron chi connectivity index (χ3n) is 2.40. The average Bonchev–Trinajstić information content (AvgIpc) is 2.27. The molecule has 1 amide bonds. The Morgan fingerprint density at radius 1 is 1.47 bits per heavy atom. The first-order valence-corrected chi connectivity index (χ1v) is 5.22. The Morgan fingerprint density at radius 2 is 2.13 bits per heavy atom. The fraction of sp³-hybridized carbons (Fsp3) is 0.900. The second-order valence-corrected chi connectivity index (χ2v) is 3.45. The van der Waals surface area contributed by atoms with Gasteiger partial charge >= 0.3 is 0 Å². The Kier molecular flexibility index (Phi) is 7.29. The van der Waals surface area contributed by atoms with Crippen LogP contribution in [0.25, 0.3) is 0 Å². The van der Waals surface area contributed by atoms with Crippen LogP contribution in [0.2, 0.25) is 0 Å². The van der Waals surface area contributed by atoms with Crippen LogP contribution in [0.4, 0.5) is 0 Å². The lowest BCUT2D eigenvalue weighted by Gasteiger charge is -2.25. The maximum absolute atomic E-state index is 11.6. The van der Waals surface area contributed by atoms with E-state index in [0.717, 1.165) is 0 Å². The van der Waals surface area contributed by atoms with Gasteiger partial charge in [-0.15, -0.1) is 0 Å². The number of methoxy groups -OCH3 is 1. The zero-order chi connectivity index (χ0) is 11.7. The molecule has 0 aliphatic carbocycles. The van der Waals surface area contributed by atoms with Gasteiger partial charge in [0.25, 0.3) is 5.91 Å². The van der Waals surface area contributed by atoms with Gasteiger partial charge in [-0.25, -0.2) is 0 Å². The van der Waals surface area contributed by atoms with E-state index in [-0.39, 0.29) is 5.91 Å². The van der Waals surface area contributed by atoms with Crippen molar-refractivity contribution < 1.29 is 14.3 Å². The third-order valence-corrected chi connectivity index (χ3v) is 2.40. The van der Waals surface area contributed by atoms with Crippen LogP contribution in [0.5, 0.6) is 0 Å². The van der Waals surface area contributed by atoms with E-state index in [1.165, 1.54) is 7.11 Å². The summed E-state index contributed by atoms with van der Waals surface area (Å²) in [6, 6.07) is 0. The van der Waals surface area contributed by atoms with Gasteiger partial charge in [0.05, 0.1) is 13.2 Å². The van der Waals surface area contributed by atoms with Crippen LogP contribution in [0.3, 0.4) is 0 Å². The van der Waals surface area contributed by atoms with Crippen molar-refractivity contribution in [2.45, 2.75) is 25.9 Å². The molecule has 0 aromatic rings. The highest BCUT2D eigenvalue weighted by Gasteiger charge is 2.30. The summed E-state index contributed by atoms with van der Waals surface area (Å²) in [7, 11) is 1.54. The second kappa shape index (κ2) is 7.62. The predicted molar refractivity (Wildman–Crippen MR) is 58.6 cm³/mol. The van der Waals surface area contributed by atoms with Gasteiger partial charge in [0.15, 0.2) is 0 Å². The van der Waals surface area contributed by atoms with Crippen molar-refractivity contribution in [2.24, 2.45) is 5.73 Å². The summed E-state index contributed by atoms with van der Waals surface area (Å²) in [5.74, 6) is -0.108. The summed E-state index contributed by atoms with van der Waals surface area (Å²) in [6.07, 6.45) is 0.638. The number of carbonyl (C=O) groups excluding carboxylic acids is 1. The van der Waals surface area contributed by atoms with Crippen molar-refractivity contribution in [1.29, 1.82) is 0 Å². The van der Waals surface area contributed by atoms with Crippen LogP contribution < -0.4 is 11.1 Å². The molecule has 0 bridgehead atoms. The lowest BCUT2D eigenvalue weighted by molar-refractivity contribution is -0.142. The normalized spacial score (nSPS) is 14.7. The fourth-order valence-corrected chi connectivity index (χ4v) is 1.01. The topological polar surface area (TPSA) is 73.6 Å². The molecule has 0 aromatic heterocycles. The van der Waals surface area contributed by atoms with Crippen molar-refractivity contribution in [3.05, 3.63) is 0 Å². The smallest absolute Gasteiger partial charge is 0.252 e. The summed E-state index contributed by atoms with van der Waals surface area (Å²) in [6.45, 7) is 5.66. The van der Waals surface area contributed by atoms with Crippen LogP contribution in [0, 0.1) is 0 Å². The van der Waals surface area contributed by atoms with Gasteiger partial charge in [-0.05, 0) is 13.3 Å². The standard InChI is InChI=1S/C10H22N2O3/c1-4-10(2,14-3)9(13)12-6-8-15-7-5-11/h4-8,11H2,1-3H3,(H,12,13). The Balaban J connectivity index is 3.73. The molecule has 3 N–H and O–H groups in total. The van der Waals surface area contributed by atoms with Crippen LogP contribution in [0.1, 0.15) is 20.3 Å². The number of nitrogens with two attached hydrogens (primary N) is 1. The van der Waals surface area contributed by atoms with Crippen molar-refractivity contribution in [1.82, 2.24) is 5.32 Å². The lowest BCUT2D eigenvalue weighted by atomic mass is 10.0. The van der Waals surface area contributed by atoms with Gasteiger partial charge in [0.1, 0.15) is 5.60 Å². The minimum Gasteiger partial charge on any atom is -0.378 e. The van der Waals surface area contributed by atoms with E-state index in [4.69, 9.17) is 15.2 Å². The Morgan fingerprint density at radius 3 is 2.60 bits per heavy atom. The molecule has 0 radical (unpaired) electrons. The van der Waals surface area contributed by atoms with Gasteiger partial charge in [-0.2, -0.15) is 0 Å². The SMILES string of the molecule is CCC(C)(OC)C(=O)NCCOCCN. The summed E-state index contributed by atoms with van der Waals surface area (Å²) in [5, 5.41) is 2.75. The fourth-order valence-electron chi connectivity index (χ4n) is 1.01. The van der Waals surface area contributed by atoms with E-state index in [0.29, 0.717) is 32.7 Å². The number of ether oxygens (including phenoxy) is 2. The molecule has 1 atom stereocenters. The highest BCUT2D eigenvalue weighted by Crippen LogP contribution is 2.13. The first-order valence-electron chi connectivity index (χ1n) is 5.22. The molecule has 15 heavy (non-hydrogen) atoms. The minimum absolute atomic E-state index is 0.108. The molecule has 0 aromatic carbocycles. The number of carbonyl (C=O) groups is 1. The highest BCUT2D eigenvalue weighted by molar-refractivity contribution is 5.84. The van der Waals surface area contributed by atoms with Gasteiger partial charge in [0.2, 0.25) is 0 Å². The van der Waals surface area contributed by atoms with Crippen LogP contribution >= 0.6 is 0 Å². The maximum Gasteiger partial charge on any atom is 0.252 e. The lowest BCUT2D eigenvalue weighted by Crippen LogP contribution is -2.46. The molecule has 90 valence electrons. The molecule has 0 spiro atoms. The van der Waals surface area contributed by atoms with E-state index < -0.39 is 5.60 Å². The Bertz CT molecular complexity index is 182. The molecule has 0 heterocycles. The molecule has 0 rings (SSSR count). The van der Waals surface area contributed by atoms with E-state index in [1.54, 1.807) is 6.92 Å². The van der Waals surface area contributed by atoms with E-state index >= 15 is 0 Å². The third kappa shape index (κ3) is 5.11. The first kappa shape index (κ1) is 14.3. The maximum atomic E-state index is 11.6. The molecule has 0 aliphatic heterocycles. The number of hydrogen-bond donors (Lipinski definition) is 2. The first-order chi connectivity index (χ1) is 7.10. The molecule has 0 saturated heterocycles. The summed E-state index contributed by atoms with van der Waals surface area (Å²) < 4.78 is 10.3. The van der Waals surface area contributed by atoms with Gasteiger partial charge < -0.3 is 20.5 Å². The minimum atomic E-state index is -0.742. The van der Waals surface area contributed by atoms with Crippen LogP contribution in [0.15, 0.2) is 0 Å². The van der Waals surface area contributed by atoms with Crippen molar-refractivity contribution >= 4 is 5.91 Å². The molecule has 1 unspecified atom stereocenters. The second-order valence-electron chi connectivity index (χ2n) is 3.45. The number of hydrogen-bond acceptors (Lipinski definition) is 4. The van der Waals surface area contributed by atoms with Crippen LogP contribution in [-0.4, -0.2) is 44.9 Å². The van der Waals surface area contributed by atoms with Crippen molar-refractivity contribution in [2.75, 3.05) is 33.4 Å². The van der Waals surface area contributed by atoms with E-state index in [9.17, 15) is 4.79 Å². The van der Waals surface area contributed by atoms with E-state index in [1.807, 2.05) is 6.92 Å². The molecule has 0 saturated carbocycles. The molecule has 0 aliphatic rings. The number of amides is 1. The average molecular weight is 218 g/mol.